The average Bonchev–Trinajstić information content (AvgIpc) is 2.59. The molecule has 0 spiro atoms. The van der Waals surface area contributed by atoms with Gasteiger partial charge in [-0.1, -0.05) is 26.0 Å². The molecule has 0 fully saturated rings. The number of nitrogens with zero attached hydrogens (tertiary/aromatic N) is 1. The van der Waals surface area contributed by atoms with Crippen molar-refractivity contribution in [2.45, 2.75) is 53.0 Å². The van der Waals surface area contributed by atoms with Crippen LogP contribution in [-0.4, -0.2) is 35.8 Å². The number of nitrogens with one attached hydrogen (secondary N) is 2. The SMILES string of the molecule is CCCO.CCNCCCC(C)Nc1ccnc2cc(C)ccc12. The third kappa shape index (κ3) is 7.28. The second-order valence-corrected chi connectivity index (χ2v) is 6.14. The Bertz CT molecular complexity index is 584. The van der Waals surface area contributed by atoms with Crippen LogP contribution in [0.3, 0.4) is 0 Å². The maximum absolute atomic E-state index is 7.88. The normalized spacial score (nSPS) is 11.7. The maximum Gasteiger partial charge on any atom is 0.0725 e. The topological polar surface area (TPSA) is 57.2 Å². The molecular weight excluding hydrogens is 298 g/mol. The Morgan fingerprint density at radius 2 is 1.96 bits per heavy atom. The van der Waals surface area contributed by atoms with Crippen molar-refractivity contribution in [3.63, 3.8) is 0 Å². The molecule has 1 unspecified atom stereocenters. The Hall–Kier alpha value is -1.65. The van der Waals surface area contributed by atoms with Gasteiger partial charge in [0.05, 0.1) is 5.52 Å². The van der Waals surface area contributed by atoms with E-state index in [1.54, 1.807) is 0 Å². The van der Waals surface area contributed by atoms with Crippen molar-refractivity contribution in [1.82, 2.24) is 10.3 Å². The monoisotopic (exact) mass is 331 g/mol. The highest BCUT2D eigenvalue weighted by Crippen LogP contribution is 2.23. The van der Waals surface area contributed by atoms with Gasteiger partial charge in [0, 0.05) is 29.9 Å². The van der Waals surface area contributed by atoms with Gasteiger partial charge >= 0.3 is 0 Å². The van der Waals surface area contributed by atoms with Gasteiger partial charge in [-0.3, -0.25) is 4.98 Å². The number of benzene rings is 1. The quantitative estimate of drug-likeness (QED) is 0.637. The van der Waals surface area contributed by atoms with Crippen molar-refractivity contribution < 1.29 is 5.11 Å². The summed E-state index contributed by atoms with van der Waals surface area (Å²) in [5.41, 5.74) is 3.50. The lowest BCUT2D eigenvalue weighted by Gasteiger charge is -2.17. The standard InChI is InChI=1S/C17H25N3.C3H8O/c1-4-18-10-5-6-14(3)20-16-9-11-19-17-12-13(2)7-8-15(16)17;1-2-3-4/h7-9,11-12,14,18H,4-6,10H2,1-3H3,(H,19,20);4H,2-3H2,1H3. The van der Waals surface area contributed by atoms with Crippen LogP contribution >= 0.6 is 0 Å². The molecule has 4 heteroatoms. The Morgan fingerprint density at radius 1 is 1.21 bits per heavy atom. The van der Waals surface area contributed by atoms with Crippen molar-refractivity contribution >= 4 is 16.6 Å². The Kier molecular flexibility index (Phi) is 10.0. The maximum atomic E-state index is 7.88. The number of fused-ring (bicyclic) bond motifs is 1. The number of pyridine rings is 1. The summed E-state index contributed by atoms with van der Waals surface area (Å²) < 4.78 is 0. The molecule has 134 valence electrons. The summed E-state index contributed by atoms with van der Waals surface area (Å²) in [6, 6.07) is 8.98. The van der Waals surface area contributed by atoms with E-state index in [0.29, 0.717) is 12.6 Å². The predicted molar refractivity (Wildman–Crippen MR) is 105 cm³/mol. The number of rotatable bonds is 8. The van der Waals surface area contributed by atoms with Crippen LogP contribution in [0.2, 0.25) is 0 Å². The van der Waals surface area contributed by atoms with E-state index in [1.165, 1.54) is 29.5 Å². The number of aryl methyl sites for hydroxylation is 1. The molecular formula is C20H33N3O. The number of hydrogen-bond donors (Lipinski definition) is 3. The lowest BCUT2D eigenvalue weighted by molar-refractivity contribution is 0.295. The van der Waals surface area contributed by atoms with Gasteiger partial charge in [0.2, 0.25) is 0 Å². The van der Waals surface area contributed by atoms with Gasteiger partial charge in [-0.25, -0.2) is 0 Å². The van der Waals surface area contributed by atoms with Gasteiger partial charge in [0.15, 0.2) is 0 Å². The highest BCUT2D eigenvalue weighted by molar-refractivity contribution is 5.91. The first-order valence-corrected chi connectivity index (χ1v) is 9.05. The zero-order chi connectivity index (χ0) is 17.8. The molecule has 24 heavy (non-hydrogen) atoms. The Morgan fingerprint density at radius 3 is 2.62 bits per heavy atom. The zero-order valence-electron chi connectivity index (χ0n) is 15.6. The molecule has 2 aromatic rings. The summed E-state index contributed by atoms with van der Waals surface area (Å²) in [6.07, 6.45) is 5.13. The van der Waals surface area contributed by atoms with Gasteiger partial charge in [-0.2, -0.15) is 0 Å². The number of aromatic nitrogens is 1. The third-order valence-electron chi connectivity index (χ3n) is 3.76. The zero-order valence-corrected chi connectivity index (χ0v) is 15.6. The molecule has 1 heterocycles. The number of aliphatic hydroxyl groups is 1. The molecule has 1 atom stereocenters. The molecule has 0 amide bonds. The molecule has 0 aliphatic rings. The predicted octanol–water partition coefficient (Wildman–Crippen LogP) is 4.12. The Labute approximate surface area is 146 Å². The van der Waals surface area contributed by atoms with E-state index in [4.69, 9.17) is 5.11 Å². The fourth-order valence-electron chi connectivity index (χ4n) is 2.43. The van der Waals surface area contributed by atoms with E-state index < -0.39 is 0 Å². The molecule has 0 aliphatic heterocycles. The van der Waals surface area contributed by atoms with Crippen LogP contribution in [0.1, 0.15) is 45.6 Å². The van der Waals surface area contributed by atoms with E-state index in [2.05, 4.69) is 60.7 Å². The first-order chi connectivity index (χ1) is 11.6. The minimum Gasteiger partial charge on any atom is -0.396 e. The van der Waals surface area contributed by atoms with Crippen LogP contribution in [0.5, 0.6) is 0 Å². The lowest BCUT2D eigenvalue weighted by Crippen LogP contribution is -2.19. The van der Waals surface area contributed by atoms with Crippen LogP contribution in [0.15, 0.2) is 30.5 Å². The molecule has 4 nitrogen and oxygen atoms in total. The van der Waals surface area contributed by atoms with Crippen molar-refractivity contribution in [2.24, 2.45) is 0 Å². The molecule has 0 saturated heterocycles. The second-order valence-electron chi connectivity index (χ2n) is 6.14. The molecule has 3 N–H and O–H groups in total. The summed E-state index contributed by atoms with van der Waals surface area (Å²) in [5.74, 6) is 0. The van der Waals surface area contributed by atoms with Crippen LogP contribution in [0.4, 0.5) is 5.69 Å². The number of hydrogen-bond acceptors (Lipinski definition) is 4. The van der Waals surface area contributed by atoms with Crippen LogP contribution < -0.4 is 10.6 Å². The molecule has 1 aromatic heterocycles. The third-order valence-corrected chi connectivity index (χ3v) is 3.76. The number of aliphatic hydroxyl groups excluding tert-OH is 1. The molecule has 0 bridgehead atoms. The van der Waals surface area contributed by atoms with Gasteiger partial charge in [0.25, 0.3) is 0 Å². The summed E-state index contributed by atoms with van der Waals surface area (Å²) in [7, 11) is 0. The van der Waals surface area contributed by atoms with Crippen LogP contribution in [0, 0.1) is 6.92 Å². The van der Waals surface area contributed by atoms with Crippen molar-refractivity contribution in [1.29, 1.82) is 0 Å². The van der Waals surface area contributed by atoms with Gasteiger partial charge in [0.1, 0.15) is 0 Å². The highest BCUT2D eigenvalue weighted by Gasteiger charge is 2.06. The summed E-state index contributed by atoms with van der Waals surface area (Å²) in [4.78, 5) is 4.45. The van der Waals surface area contributed by atoms with E-state index in [0.717, 1.165) is 25.0 Å². The Balaban J connectivity index is 0.000000648. The average molecular weight is 332 g/mol. The smallest absolute Gasteiger partial charge is 0.0725 e. The van der Waals surface area contributed by atoms with Gasteiger partial charge in [-0.05, 0) is 63.9 Å². The highest BCUT2D eigenvalue weighted by atomic mass is 16.2. The molecule has 0 radical (unpaired) electrons. The second kappa shape index (κ2) is 11.8. The summed E-state index contributed by atoms with van der Waals surface area (Å²) >= 11 is 0. The lowest BCUT2D eigenvalue weighted by atomic mass is 10.1. The number of anilines is 1. The van der Waals surface area contributed by atoms with Gasteiger partial charge < -0.3 is 15.7 Å². The van der Waals surface area contributed by atoms with Crippen molar-refractivity contribution in [3.05, 3.63) is 36.0 Å². The fraction of sp³-hybridized carbons (Fsp3) is 0.550. The largest absolute Gasteiger partial charge is 0.396 e. The summed E-state index contributed by atoms with van der Waals surface area (Å²) in [6.45, 7) is 10.9. The van der Waals surface area contributed by atoms with Crippen LogP contribution in [-0.2, 0) is 0 Å². The van der Waals surface area contributed by atoms with E-state index >= 15 is 0 Å². The minimum absolute atomic E-state index is 0.319. The minimum atomic E-state index is 0.319. The summed E-state index contributed by atoms with van der Waals surface area (Å²) in [5, 5.41) is 16.1. The van der Waals surface area contributed by atoms with E-state index in [1.807, 2.05) is 13.1 Å². The first kappa shape index (κ1) is 20.4. The molecule has 0 saturated carbocycles. The molecule has 1 aromatic carbocycles. The van der Waals surface area contributed by atoms with Crippen molar-refractivity contribution in [3.8, 4) is 0 Å². The fourth-order valence-corrected chi connectivity index (χ4v) is 2.43. The molecule has 0 aliphatic carbocycles. The van der Waals surface area contributed by atoms with E-state index in [9.17, 15) is 0 Å². The molecule has 2 rings (SSSR count). The van der Waals surface area contributed by atoms with Crippen molar-refractivity contribution in [2.75, 3.05) is 25.0 Å². The van der Waals surface area contributed by atoms with E-state index in [-0.39, 0.29) is 0 Å². The first-order valence-electron chi connectivity index (χ1n) is 9.05. The van der Waals surface area contributed by atoms with Gasteiger partial charge in [-0.15, -0.1) is 0 Å². The van der Waals surface area contributed by atoms with Crippen LogP contribution in [0.25, 0.3) is 10.9 Å².